The standard InChI is InChI=1S/C14H13N3O4S2.C9H10O2/c1-8-7-15-14(22-8)16-13(19)11-12(18)9-5-3-4-6-10(9)23(20,21)17(11)2;10-9(11)7-6-8-4-2-1-3-5-8/h3-7,18H,1-2H3,(H,15,16,19);1-5H,6-7H2,(H,10,11). The number of aryl methyl sites for hydroxylation is 2. The number of thiazole rings is 1. The van der Waals surface area contributed by atoms with Gasteiger partial charge < -0.3 is 10.2 Å². The van der Waals surface area contributed by atoms with Gasteiger partial charge in [0, 0.05) is 30.1 Å². The molecule has 0 bridgehead atoms. The van der Waals surface area contributed by atoms with Crippen molar-refractivity contribution in [3.05, 3.63) is 82.5 Å². The molecule has 34 heavy (non-hydrogen) atoms. The SMILES string of the molecule is Cc1cnc(NC(=O)C2=C(O)c3ccccc3S(=O)(=O)N2C)s1.O=C(O)CCc1ccccc1. The van der Waals surface area contributed by atoms with Gasteiger partial charge in [-0.15, -0.1) is 11.3 Å². The number of likely N-dealkylation sites (N-methyl/N-ethyl adjacent to an activating group) is 1. The molecule has 0 saturated carbocycles. The lowest BCUT2D eigenvalue weighted by Gasteiger charge is -2.28. The zero-order valence-corrected chi connectivity index (χ0v) is 20.1. The van der Waals surface area contributed by atoms with Gasteiger partial charge in [-0.05, 0) is 31.0 Å². The molecule has 1 aromatic heterocycles. The van der Waals surface area contributed by atoms with E-state index in [1.165, 1.54) is 30.5 Å². The summed E-state index contributed by atoms with van der Waals surface area (Å²) in [5.74, 6) is -1.87. The third kappa shape index (κ3) is 5.61. The van der Waals surface area contributed by atoms with Crippen molar-refractivity contribution < 1.29 is 28.2 Å². The van der Waals surface area contributed by atoms with E-state index in [2.05, 4.69) is 10.3 Å². The lowest BCUT2D eigenvalue weighted by Crippen LogP contribution is -2.37. The molecular formula is C23H23N3O6S2. The highest BCUT2D eigenvalue weighted by molar-refractivity contribution is 7.89. The molecular weight excluding hydrogens is 478 g/mol. The van der Waals surface area contributed by atoms with Gasteiger partial charge in [0.15, 0.2) is 16.6 Å². The van der Waals surface area contributed by atoms with Gasteiger partial charge in [-0.2, -0.15) is 0 Å². The number of fused-ring (bicyclic) bond motifs is 1. The summed E-state index contributed by atoms with van der Waals surface area (Å²) in [6.45, 7) is 1.83. The number of benzene rings is 2. The molecule has 2 heterocycles. The molecule has 0 aliphatic carbocycles. The molecule has 11 heteroatoms. The number of sulfonamides is 1. The molecule has 1 amide bonds. The van der Waals surface area contributed by atoms with Crippen LogP contribution in [0.5, 0.6) is 0 Å². The Morgan fingerprint density at radius 3 is 2.35 bits per heavy atom. The Kier molecular flexibility index (Phi) is 7.69. The number of anilines is 1. The Morgan fingerprint density at radius 1 is 1.09 bits per heavy atom. The molecule has 0 radical (unpaired) electrons. The van der Waals surface area contributed by atoms with E-state index in [0.717, 1.165) is 14.7 Å². The third-order valence-electron chi connectivity index (χ3n) is 4.85. The number of carboxylic acids is 1. The molecule has 0 unspecified atom stereocenters. The number of aliphatic hydroxyl groups excluding tert-OH is 1. The number of hydrogen-bond donors (Lipinski definition) is 3. The Hall–Kier alpha value is -3.70. The van der Waals surface area contributed by atoms with E-state index in [0.29, 0.717) is 11.6 Å². The fourth-order valence-corrected chi connectivity index (χ4v) is 5.20. The summed E-state index contributed by atoms with van der Waals surface area (Å²) in [6, 6.07) is 15.6. The van der Waals surface area contributed by atoms with Gasteiger partial charge in [0.2, 0.25) is 0 Å². The number of carbonyl (C=O) groups excluding carboxylic acids is 1. The Balaban J connectivity index is 0.000000248. The second kappa shape index (κ2) is 10.5. The molecule has 0 saturated heterocycles. The van der Waals surface area contributed by atoms with Crippen LogP contribution < -0.4 is 5.32 Å². The molecule has 178 valence electrons. The maximum atomic E-state index is 12.5. The number of carboxylic acid groups (broad SMARTS) is 1. The van der Waals surface area contributed by atoms with Crippen molar-refractivity contribution in [2.75, 3.05) is 12.4 Å². The van der Waals surface area contributed by atoms with Crippen molar-refractivity contribution in [2.45, 2.75) is 24.7 Å². The fraction of sp³-hybridized carbons (Fsp3) is 0.174. The number of rotatable bonds is 5. The number of aliphatic carboxylic acids is 1. The minimum Gasteiger partial charge on any atom is -0.505 e. The molecule has 4 rings (SSSR count). The van der Waals surface area contributed by atoms with Crippen LogP contribution in [-0.4, -0.2) is 46.8 Å². The van der Waals surface area contributed by atoms with Crippen LogP contribution in [0.2, 0.25) is 0 Å². The topological polar surface area (TPSA) is 137 Å². The van der Waals surface area contributed by atoms with Crippen molar-refractivity contribution >= 4 is 44.1 Å². The highest BCUT2D eigenvalue weighted by Crippen LogP contribution is 2.34. The van der Waals surface area contributed by atoms with E-state index in [1.807, 2.05) is 37.3 Å². The molecule has 0 spiro atoms. The summed E-state index contributed by atoms with van der Waals surface area (Å²) in [5.41, 5.74) is 0.845. The van der Waals surface area contributed by atoms with E-state index < -0.39 is 21.9 Å². The minimum atomic E-state index is -3.90. The highest BCUT2D eigenvalue weighted by atomic mass is 32.2. The average Bonchev–Trinajstić information content (AvgIpc) is 3.22. The minimum absolute atomic E-state index is 0.0401. The van der Waals surface area contributed by atoms with Gasteiger partial charge in [-0.1, -0.05) is 42.5 Å². The Labute approximate surface area is 201 Å². The summed E-state index contributed by atoms with van der Waals surface area (Å²) in [6.07, 6.45) is 2.42. The number of aromatic nitrogens is 1. The zero-order chi connectivity index (χ0) is 24.9. The first-order valence-corrected chi connectivity index (χ1v) is 12.4. The first-order valence-electron chi connectivity index (χ1n) is 10.1. The van der Waals surface area contributed by atoms with Crippen molar-refractivity contribution in [2.24, 2.45) is 0 Å². The van der Waals surface area contributed by atoms with Crippen LogP contribution in [0.15, 0.2) is 71.4 Å². The molecule has 1 aliphatic rings. The summed E-state index contributed by atoms with van der Waals surface area (Å²) < 4.78 is 25.8. The van der Waals surface area contributed by atoms with Crippen LogP contribution in [0.1, 0.15) is 22.4 Å². The lowest BCUT2D eigenvalue weighted by atomic mass is 10.1. The second-order valence-corrected chi connectivity index (χ2v) is 10.4. The predicted molar refractivity (Wildman–Crippen MR) is 129 cm³/mol. The van der Waals surface area contributed by atoms with E-state index in [-0.39, 0.29) is 28.3 Å². The van der Waals surface area contributed by atoms with Crippen LogP contribution in [0, 0.1) is 6.92 Å². The fourth-order valence-electron chi connectivity index (χ4n) is 3.15. The summed E-state index contributed by atoms with van der Waals surface area (Å²) in [7, 11) is -2.67. The average molecular weight is 502 g/mol. The molecule has 2 aromatic carbocycles. The molecule has 0 fully saturated rings. The number of aliphatic hydroxyl groups is 1. The first kappa shape index (κ1) is 24.9. The van der Waals surface area contributed by atoms with Crippen LogP contribution >= 0.6 is 11.3 Å². The quantitative estimate of drug-likeness (QED) is 0.485. The van der Waals surface area contributed by atoms with Crippen LogP contribution in [0.3, 0.4) is 0 Å². The van der Waals surface area contributed by atoms with Crippen molar-refractivity contribution in [3.8, 4) is 0 Å². The van der Waals surface area contributed by atoms with Crippen LogP contribution in [0.4, 0.5) is 5.13 Å². The monoisotopic (exact) mass is 501 g/mol. The first-order chi connectivity index (χ1) is 16.1. The van der Waals surface area contributed by atoms with E-state index in [1.54, 1.807) is 18.3 Å². The molecule has 3 aromatic rings. The lowest BCUT2D eigenvalue weighted by molar-refractivity contribution is -0.137. The van der Waals surface area contributed by atoms with Crippen molar-refractivity contribution in [1.29, 1.82) is 0 Å². The van der Waals surface area contributed by atoms with Gasteiger partial charge in [0.25, 0.3) is 15.9 Å². The van der Waals surface area contributed by atoms with Gasteiger partial charge in [-0.25, -0.2) is 13.4 Å². The highest BCUT2D eigenvalue weighted by Gasteiger charge is 2.37. The third-order valence-corrected chi connectivity index (χ3v) is 7.49. The summed E-state index contributed by atoms with van der Waals surface area (Å²) >= 11 is 1.25. The van der Waals surface area contributed by atoms with Crippen molar-refractivity contribution in [1.82, 2.24) is 9.29 Å². The second-order valence-electron chi connectivity index (χ2n) is 7.28. The van der Waals surface area contributed by atoms with E-state index >= 15 is 0 Å². The normalized spacial score (nSPS) is 14.0. The van der Waals surface area contributed by atoms with Gasteiger partial charge in [0.05, 0.1) is 4.90 Å². The molecule has 0 atom stereocenters. The van der Waals surface area contributed by atoms with Crippen molar-refractivity contribution in [3.63, 3.8) is 0 Å². The van der Waals surface area contributed by atoms with Gasteiger partial charge >= 0.3 is 5.97 Å². The van der Waals surface area contributed by atoms with E-state index in [9.17, 15) is 23.1 Å². The number of hydrogen-bond acceptors (Lipinski definition) is 7. The Bertz CT molecular complexity index is 1330. The summed E-state index contributed by atoms with van der Waals surface area (Å²) in [4.78, 5) is 27.5. The van der Waals surface area contributed by atoms with Gasteiger partial charge in [0.1, 0.15) is 0 Å². The smallest absolute Gasteiger partial charge is 0.303 e. The molecule has 9 nitrogen and oxygen atoms in total. The number of amides is 1. The van der Waals surface area contributed by atoms with Crippen LogP contribution in [0.25, 0.3) is 5.76 Å². The number of nitrogens with zero attached hydrogens (tertiary/aromatic N) is 2. The number of carbonyl (C=O) groups is 2. The maximum absolute atomic E-state index is 12.5. The summed E-state index contributed by atoms with van der Waals surface area (Å²) in [5, 5.41) is 21.6. The van der Waals surface area contributed by atoms with E-state index in [4.69, 9.17) is 5.11 Å². The van der Waals surface area contributed by atoms with Crippen LogP contribution in [-0.2, 0) is 26.0 Å². The Morgan fingerprint density at radius 2 is 1.74 bits per heavy atom. The predicted octanol–water partition coefficient (Wildman–Crippen LogP) is 3.65. The largest absolute Gasteiger partial charge is 0.505 e. The molecule has 1 aliphatic heterocycles. The number of nitrogens with one attached hydrogen (secondary N) is 1. The zero-order valence-electron chi connectivity index (χ0n) is 18.4. The molecule has 3 N–H and O–H groups in total. The maximum Gasteiger partial charge on any atom is 0.303 e. The van der Waals surface area contributed by atoms with Gasteiger partial charge in [-0.3, -0.25) is 19.2 Å².